The number of carbonyl (C=O) groups is 1. The van der Waals surface area contributed by atoms with Crippen molar-refractivity contribution < 1.29 is 13.2 Å². The van der Waals surface area contributed by atoms with E-state index in [0.29, 0.717) is 18.7 Å². The Morgan fingerprint density at radius 3 is 2.52 bits per heavy atom. The second-order valence-electron chi connectivity index (χ2n) is 6.03. The second kappa shape index (κ2) is 7.76. The molecule has 0 bridgehead atoms. The highest BCUT2D eigenvalue weighted by Crippen LogP contribution is 2.21. The van der Waals surface area contributed by atoms with Gasteiger partial charge in [-0.3, -0.25) is 9.78 Å². The van der Waals surface area contributed by atoms with Crippen molar-refractivity contribution in [3.63, 3.8) is 0 Å². The molecule has 0 spiro atoms. The normalized spacial score (nSPS) is 15.7. The number of nitrogens with one attached hydrogen (secondary N) is 1. The number of amides is 1. The zero-order valence-corrected chi connectivity index (χ0v) is 14.7. The SMILES string of the molecule is O=C(NCc1cccc(S(=O)(=O)N2CCCCC2)c1)c1ccncc1. The van der Waals surface area contributed by atoms with Gasteiger partial charge >= 0.3 is 0 Å². The third-order valence-corrected chi connectivity index (χ3v) is 6.14. The van der Waals surface area contributed by atoms with Crippen molar-refractivity contribution in [1.82, 2.24) is 14.6 Å². The van der Waals surface area contributed by atoms with Crippen LogP contribution in [0.25, 0.3) is 0 Å². The summed E-state index contributed by atoms with van der Waals surface area (Å²) in [5.74, 6) is -0.216. The van der Waals surface area contributed by atoms with Crippen molar-refractivity contribution in [1.29, 1.82) is 0 Å². The van der Waals surface area contributed by atoms with E-state index in [2.05, 4.69) is 10.3 Å². The molecule has 2 heterocycles. The molecular formula is C18H21N3O3S. The number of benzene rings is 1. The number of hydrogen-bond donors (Lipinski definition) is 1. The van der Waals surface area contributed by atoms with Crippen LogP contribution in [0.3, 0.4) is 0 Å². The summed E-state index contributed by atoms with van der Waals surface area (Å²) in [5.41, 5.74) is 1.27. The molecule has 1 aliphatic rings. The molecule has 1 fully saturated rings. The van der Waals surface area contributed by atoms with E-state index >= 15 is 0 Å². The number of piperidine rings is 1. The molecule has 2 aromatic rings. The lowest BCUT2D eigenvalue weighted by molar-refractivity contribution is 0.0951. The van der Waals surface area contributed by atoms with Gasteiger partial charge in [0.1, 0.15) is 0 Å². The van der Waals surface area contributed by atoms with Gasteiger partial charge in [-0.2, -0.15) is 4.31 Å². The molecule has 0 saturated carbocycles. The van der Waals surface area contributed by atoms with E-state index in [9.17, 15) is 13.2 Å². The van der Waals surface area contributed by atoms with Crippen LogP contribution < -0.4 is 5.32 Å². The quantitative estimate of drug-likeness (QED) is 0.887. The average molecular weight is 359 g/mol. The number of hydrogen-bond acceptors (Lipinski definition) is 4. The summed E-state index contributed by atoms with van der Waals surface area (Å²) in [6, 6.07) is 10.0. The van der Waals surface area contributed by atoms with Crippen molar-refractivity contribution in [2.45, 2.75) is 30.7 Å². The molecule has 1 N–H and O–H groups in total. The maximum atomic E-state index is 12.7. The Bertz CT molecular complexity index is 832. The number of pyridine rings is 1. The molecule has 0 aliphatic carbocycles. The number of rotatable bonds is 5. The van der Waals surface area contributed by atoms with E-state index in [1.54, 1.807) is 47.0 Å². The van der Waals surface area contributed by atoms with Gasteiger partial charge in [0.2, 0.25) is 10.0 Å². The molecule has 3 rings (SSSR count). The van der Waals surface area contributed by atoms with Crippen molar-refractivity contribution >= 4 is 15.9 Å². The molecule has 1 aromatic carbocycles. The minimum absolute atomic E-state index is 0.216. The van der Waals surface area contributed by atoms with Crippen LogP contribution in [0, 0.1) is 0 Å². The Hall–Kier alpha value is -2.25. The van der Waals surface area contributed by atoms with E-state index < -0.39 is 10.0 Å². The fourth-order valence-electron chi connectivity index (χ4n) is 2.86. The third-order valence-electron chi connectivity index (χ3n) is 4.25. The van der Waals surface area contributed by atoms with E-state index in [-0.39, 0.29) is 17.3 Å². The lowest BCUT2D eigenvalue weighted by Crippen LogP contribution is -2.35. The standard InChI is InChI=1S/C18H21N3O3S/c22-18(16-7-9-19-10-8-16)20-14-15-5-4-6-17(13-15)25(23,24)21-11-2-1-3-12-21/h4-10,13H,1-3,11-12,14H2,(H,20,22). The molecule has 7 heteroatoms. The van der Waals surface area contributed by atoms with Crippen molar-refractivity contribution in [3.8, 4) is 0 Å². The number of sulfonamides is 1. The summed E-state index contributed by atoms with van der Waals surface area (Å²) in [7, 11) is -3.46. The highest BCUT2D eigenvalue weighted by molar-refractivity contribution is 7.89. The van der Waals surface area contributed by atoms with Crippen molar-refractivity contribution in [2.75, 3.05) is 13.1 Å². The average Bonchev–Trinajstić information content (AvgIpc) is 2.67. The minimum atomic E-state index is -3.46. The highest BCUT2D eigenvalue weighted by Gasteiger charge is 2.25. The first-order chi connectivity index (χ1) is 12.1. The molecule has 1 aromatic heterocycles. The topological polar surface area (TPSA) is 79.4 Å². The highest BCUT2D eigenvalue weighted by atomic mass is 32.2. The summed E-state index contributed by atoms with van der Waals surface area (Å²) in [6.45, 7) is 1.42. The number of nitrogens with zero attached hydrogens (tertiary/aromatic N) is 2. The third kappa shape index (κ3) is 4.24. The van der Waals surface area contributed by atoms with Gasteiger partial charge in [-0.25, -0.2) is 8.42 Å². The number of aromatic nitrogens is 1. The molecule has 0 atom stereocenters. The lowest BCUT2D eigenvalue weighted by atomic mass is 10.2. The summed E-state index contributed by atoms with van der Waals surface area (Å²) in [4.78, 5) is 16.2. The van der Waals surface area contributed by atoms with Gasteiger partial charge in [-0.15, -0.1) is 0 Å². The van der Waals surface area contributed by atoms with Crippen LogP contribution in [0.4, 0.5) is 0 Å². The first-order valence-corrected chi connectivity index (χ1v) is 9.79. The molecule has 6 nitrogen and oxygen atoms in total. The molecular weight excluding hydrogens is 338 g/mol. The smallest absolute Gasteiger partial charge is 0.251 e. The van der Waals surface area contributed by atoms with Crippen LogP contribution in [-0.4, -0.2) is 36.7 Å². The van der Waals surface area contributed by atoms with E-state index in [0.717, 1.165) is 24.8 Å². The monoisotopic (exact) mass is 359 g/mol. The van der Waals surface area contributed by atoms with Crippen LogP contribution in [0.2, 0.25) is 0 Å². The fraction of sp³-hybridized carbons (Fsp3) is 0.333. The first kappa shape index (κ1) is 17.6. The van der Waals surface area contributed by atoms with Gasteiger partial charge in [0.05, 0.1) is 4.90 Å². The largest absolute Gasteiger partial charge is 0.348 e. The maximum Gasteiger partial charge on any atom is 0.251 e. The lowest BCUT2D eigenvalue weighted by Gasteiger charge is -2.26. The van der Waals surface area contributed by atoms with Crippen LogP contribution in [0.1, 0.15) is 35.2 Å². The molecule has 132 valence electrons. The van der Waals surface area contributed by atoms with Crippen molar-refractivity contribution in [3.05, 3.63) is 59.9 Å². The minimum Gasteiger partial charge on any atom is -0.348 e. The van der Waals surface area contributed by atoms with Crippen LogP contribution >= 0.6 is 0 Å². The van der Waals surface area contributed by atoms with Gasteiger partial charge in [0.25, 0.3) is 5.91 Å². The predicted molar refractivity (Wildman–Crippen MR) is 94.5 cm³/mol. The summed E-state index contributed by atoms with van der Waals surface area (Å²) in [5, 5.41) is 2.80. The molecule has 1 aliphatic heterocycles. The Kier molecular flexibility index (Phi) is 5.45. The van der Waals surface area contributed by atoms with Gasteiger partial charge < -0.3 is 5.32 Å². The Labute approximate surface area is 147 Å². The second-order valence-corrected chi connectivity index (χ2v) is 7.97. The first-order valence-electron chi connectivity index (χ1n) is 8.35. The Morgan fingerprint density at radius 2 is 1.80 bits per heavy atom. The van der Waals surface area contributed by atoms with Gasteiger partial charge in [0, 0.05) is 37.6 Å². The number of carbonyl (C=O) groups excluding carboxylic acids is 1. The van der Waals surface area contributed by atoms with E-state index in [1.165, 1.54) is 0 Å². The summed E-state index contributed by atoms with van der Waals surface area (Å²) >= 11 is 0. The van der Waals surface area contributed by atoms with Crippen LogP contribution in [0.5, 0.6) is 0 Å². The van der Waals surface area contributed by atoms with Crippen LogP contribution in [0.15, 0.2) is 53.7 Å². The molecule has 0 unspecified atom stereocenters. The zero-order chi connectivity index (χ0) is 17.7. The summed E-state index contributed by atoms with van der Waals surface area (Å²) < 4.78 is 27.0. The van der Waals surface area contributed by atoms with Gasteiger partial charge in [0.15, 0.2) is 0 Å². The molecule has 0 radical (unpaired) electrons. The molecule has 1 saturated heterocycles. The maximum absolute atomic E-state index is 12.7. The van der Waals surface area contributed by atoms with E-state index in [1.807, 2.05) is 6.07 Å². The Balaban J connectivity index is 1.70. The Morgan fingerprint density at radius 1 is 1.08 bits per heavy atom. The predicted octanol–water partition coefficient (Wildman–Crippen LogP) is 2.19. The van der Waals surface area contributed by atoms with Crippen molar-refractivity contribution in [2.24, 2.45) is 0 Å². The summed E-state index contributed by atoms with van der Waals surface area (Å²) in [6.07, 6.45) is 6.00. The van der Waals surface area contributed by atoms with Gasteiger partial charge in [-0.1, -0.05) is 18.6 Å². The van der Waals surface area contributed by atoms with Gasteiger partial charge in [-0.05, 0) is 42.7 Å². The van der Waals surface area contributed by atoms with Crippen LogP contribution in [-0.2, 0) is 16.6 Å². The molecule has 1 amide bonds. The fourth-order valence-corrected chi connectivity index (χ4v) is 4.45. The molecule has 25 heavy (non-hydrogen) atoms. The zero-order valence-electron chi connectivity index (χ0n) is 13.9. The van der Waals surface area contributed by atoms with E-state index in [4.69, 9.17) is 0 Å².